The molecule has 0 heterocycles. The van der Waals surface area contributed by atoms with E-state index in [9.17, 15) is 9.90 Å². The van der Waals surface area contributed by atoms with E-state index >= 15 is 0 Å². The molecular formula is C11H15NO2. The Bertz CT molecular complexity index is 364. The van der Waals surface area contributed by atoms with Crippen LogP contribution in [0, 0.1) is 0 Å². The lowest BCUT2D eigenvalue weighted by Crippen LogP contribution is -2.21. The Labute approximate surface area is 83.6 Å². The van der Waals surface area contributed by atoms with Gasteiger partial charge in [0.25, 0.3) is 0 Å². The fourth-order valence-corrected chi connectivity index (χ4v) is 1.53. The first kappa shape index (κ1) is 10.6. The van der Waals surface area contributed by atoms with Crippen molar-refractivity contribution in [2.45, 2.75) is 26.2 Å². The van der Waals surface area contributed by atoms with Gasteiger partial charge in [0.1, 0.15) is 5.75 Å². The number of hydrogen-bond acceptors (Lipinski definition) is 2. The molecular weight excluding hydrogens is 178 g/mol. The molecule has 1 rings (SSSR count). The predicted octanol–water partition coefficient (Wildman–Crippen LogP) is 1.79. The van der Waals surface area contributed by atoms with Crippen molar-refractivity contribution in [1.29, 1.82) is 0 Å². The summed E-state index contributed by atoms with van der Waals surface area (Å²) in [7, 11) is 0. The first-order valence-corrected chi connectivity index (χ1v) is 4.46. The highest BCUT2D eigenvalue weighted by Gasteiger charge is 2.23. The largest absolute Gasteiger partial charge is 0.508 e. The highest BCUT2D eigenvalue weighted by atomic mass is 16.3. The van der Waals surface area contributed by atoms with Crippen LogP contribution in [0.4, 0.5) is 0 Å². The molecule has 0 saturated carbocycles. The van der Waals surface area contributed by atoms with Crippen molar-refractivity contribution in [2.75, 3.05) is 0 Å². The molecule has 0 bridgehead atoms. The predicted molar refractivity (Wildman–Crippen MR) is 55.3 cm³/mol. The number of nitrogens with two attached hydrogens (primary N) is 1. The van der Waals surface area contributed by atoms with E-state index in [1.54, 1.807) is 18.2 Å². The van der Waals surface area contributed by atoms with Gasteiger partial charge in [-0.25, -0.2) is 0 Å². The Morgan fingerprint density at radius 3 is 2.29 bits per heavy atom. The topological polar surface area (TPSA) is 63.3 Å². The van der Waals surface area contributed by atoms with Crippen LogP contribution >= 0.6 is 0 Å². The molecule has 0 radical (unpaired) electrons. The Morgan fingerprint density at radius 2 is 1.93 bits per heavy atom. The molecule has 0 saturated heterocycles. The quantitative estimate of drug-likeness (QED) is 0.714. The lowest BCUT2D eigenvalue weighted by molar-refractivity contribution is 0.0997. The average Bonchev–Trinajstić information content (AvgIpc) is 2.01. The first-order valence-electron chi connectivity index (χ1n) is 4.46. The zero-order valence-electron chi connectivity index (χ0n) is 8.66. The van der Waals surface area contributed by atoms with Crippen molar-refractivity contribution in [2.24, 2.45) is 5.73 Å². The number of phenolic OH excluding ortho intramolecular Hbond substituents is 1. The third-order valence-electron chi connectivity index (χ3n) is 2.06. The van der Waals surface area contributed by atoms with Crippen LogP contribution < -0.4 is 5.73 Å². The van der Waals surface area contributed by atoms with E-state index in [4.69, 9.17) is 5.73 Å². The third kappa shape index (κ3) is 1.87. The van der Waals surface area contributed by atoms with Gasteiger partial charge in [0.2, 0.25) is 5.91 Å². The zero-order valence-corrected chi connectivity index (χ0v) is 8.66. The monoisotopic (exact) mass is 193 g/mol. The molecule has 1 amide bonds. The highest BCUT2D eigenvalue weighted by Crippen LogP contribution is 2.33. The number of phenols is 1. The number of carbonyl (C=O) groups excluding carboxylic acids is 1. The van der Waals surface area contributed by atoms with E-state index in [0.29, 0.717) is 11.1 Å². The minimum atomic E-state index is -0.508. The molecule has 0 unspecified atom stereocenters. The van der Waals surface area contributed by atoms with Crippen LogP contribution in [0.2, 0.25) is 0 Å². The number of carbonyl (C=O) groups is 1. The molecule has 76 valence electrons. The number of aromatic hydroxyl groups is 1. The van der Waals surface area contributed by atoms with Crippen LogP contribution in [-0.4, -0.2) is 11.0 Å². The van der Waals surface area contributed by atoms with E-state index in [0.717, 1.165) is 0 Å². The fourth-order valence-electron chi connectivity index (χ4n) is 1.53. The maximum Gasteiger partial charge on any atom is 0.249 e. The molecule has 3 heteroatoms. The maximum atomic E-state index is 11.1. The second kappa shape index (κ2) is 3.33. The van der Waals surface area contributed by atoms with Crippen LogP contribution in [0.25, 0.3) is 0 Å². The van der Waals surface area contributed by atoms with Crippen molar-refractivity contribution < 1.29 is 9.90 Å². The fraction of sp³-hybridized carbons (Fsp3) is 0.364. The molecule has 0 aliphatic carbocycles. The van der Waals surface area contributed by atoms with Gasteiger partial charge in [-0.2, -0.15) is 0 Å². The lowest BCUT2D eigenvalue weighted by Gasteiger charge is -2.22. The van der Waals surface area contributed by atoms with Crippen LogP contribution in [0.3, 0.4) is 0 Å². The minimum absolute atomic E-state index is 0.119. The summed E-state index contributed by atoms with van der Waals surface area (Å²) in [5.41, 5.74) is 5.92. The number of primary amides is 1. The Morgan fingerprint density at radius 1 is 1.36 bits per heavy atom. The van der Waals surface area contributed by atoms with Gasteiger partial charge in [-0.1, -0.05) is 26.8 Å². The summed E-state index contributed by atoms with van der Waals surface area (Å²) in [4.78, 5) is 11.1. The SMILES string of the molecule is CC(C)(C)c1c(O)cccc1C(N)=O. The average molecular weight is 193 g/mol. The van der Waals surface area contributed by atoms with Crippen LogP contribution in [0.1, 0.15) is 36.7 Å². The van der Waals surface area contributed by atoms with E-state index in [1.807, 2.05) is 20.8 Å². The standard InChI is InChI=1S/C11H15NO2/c1-11(2,3)9-7(10(12)14)5-4-6-8(9)13/h4-6,13H,1-3H3,(H2,12,14). The lowest BCUT2D eigenvalue weighted by atomic mass is 9.83. The smallest absolute Gasteiger partial charge is 0.249 e. The van der Waals surface area contributed by atoms with Crippen molar-refractivity contribution in [3.8, 4) is 5.75 Å². The summed E-state index contributed by atoms with van der Waals surface area (Å²) in [5, 5.41) is 9.67. The minimum Gasteiger partial charge on any atom is -0.508 e. The zero-order chi connectivity index (χ0) is 10.9. The first-order chi connectivity index (χ1) is 6.34. The van der Waals surface area contributed by atoms with Crippen molar-refractivity contribution >= 4 is 5.91 Å². The Balaban J connectivity index is 3.45. The Hall–Kier alpha value is -1.51. The molecule has 14 heavy (non-hydrogen) atoms. The molecule has 1 aromatic rings. The van der Waals surface area contributed by atoms with E-state index in [1.165, 1.54) is 0 Å². The molecule has 0 atom stereocenters. The van der Waals surface area contributed by atoms with Crippen LogP contribution in [0.15, 0.2) is 18.2 Å². The normalized spacial score (nSPS) is 11.4. The molecule has 0 aliphatic rings. The van der Waals surface area contributed by atoms with E-state index in [2.05, 4.69) is 0 Å². The number of hydrogen-bond donors (Lipinski definition) is 2. The van der Waals surface area contributed by atoms with Gasteiger partial charge in [0.15, 0.2) is 0 Å². The molecule has 1 aromatic carbocycles. The number of rotatable bonds is 1. The summed E-state index contributed by atoms with van der Waals surface area (Å²) >= 11 is 0. The summed E-state index contributed by atoms with van der Waals surface area (Å²) in [5.74, 6) is -0.389. The van der Waals surface area contributed by atoms with Crippen LogP contribution in [0.5, 0.6) is 5.75 Å². The van der Waals surface area contributed by atoms with Gasteiger partial charge in [-0.3, -0.25) is 4.79 Å². The number of benzene rings is 1. The molecule has 0 spiro atoms. The molecule has 3 nitrogen and oxygen atoms in total. The summed E-state index contributed by atoms with van der Waals surface area (Å²) in [6.07, 6.45) is 0. The van der Waals surface area contributed by atoms with Crippen LogP contribution in [-0.2, 0) is 5.41 Å². The van der Waals surface area contributed by atoms with Gasteiger partial charge in [-0.05, 0) is 17.5 Å². The molecule has 3 N–H and O–H groups in total. The molecule has 0 aromatic heterocycles. The van der Waals surface area contributed by atoms with Gasteiger partial charge >= 0.3 is 0 Å². The van der Waals surface area contributed by atoms with Gasteiger partial charge in [-0.15, -0.1) is 0 Å². The summed E-state index contributed by atoms with van der Waals surface area (Å²) in [6, 6.07) is 4.81. The second-order valence-electron chi connectivity index (χ2n) is 4.31. The van der Waals surface area contributed by atoms with Gasteiger partial charge in [0, 0.05) is 11.1 Å². The molecule has 0 aliphatic heterocycles. The van der Waals surface area contributed by atoms with Gasteiger partial charge < -0.3 is 10.8 Å². The van der Waals surface area contributed by atoms with E-state index < -0.39 is 5.91 Å². The van der Waals surface area contributed by atoms with Crippen molar-refractivity contribution in [3.63, 3.8) is 0 Å². The number of amides is 1. The second-order valence-corrected chi connectivity index (χ2v) is 4.31. The van der Waals surface area contributed by atoms with Crippen molar-refractivity contribution in [1.82, 2.24) is 0 Å². The maximum absolute atomic E-state index is 11.1. The van der Waals surface area contributed by atoms with E-state index in [-0.39, 0.29) is 11.2 Å². The van der Waals surface area contributed by atoms with Gasteiger partial charge in [0.05, 0.1) is 0 Å². The highest BCUT2D eigenvalue weighted by molar-refractivity contribution is 5.95. The Kier molecular flexibility index (Phi) is 2.51. The van der Waals surface area contributed by atoms with Crippen molar-refractivity contribution in [3.05, 3.63) is 29.3 Å². The summed E-state index contributed by atoms with van der Waals surface area (Å²) < 4.78 is 0. The summed E-state index contributed by atoms with van der Waals surface area (Å²) in [6.45, 7) is 5.78. The third-order valence-corrected chi connectivity index (χ3v) is 2.06. The molecule has 0 fully saturated rings.